The molecule has 4 bridgehead atoms. The van der Waals surface area contributed by atoms with Gasteiger partial charge in [-0.1, -0.05) is 30.7 Å². The van der Waals surface area contributed by atoms with Crippen molar-refractivity contribution < 1.29 is 4.79 Å². The Bertz CT molecular complexity index is 390. The highest BCUT2D eigenvalue weighted by atomic mass is 16.1. The summed E-state index contributed by atoms with van der Waals surface area (Å²) in [5.74, 6) is 1.08. The van der Waals surface area contributed by atoms with Gasteiger partial charge in [-0.05, 0) is 25.7 Å². The molecule has 0 heterocycles. The van der Waals surface area contributed by atoms with Gasteiger partial charge in [0.1, 0.15) is 5.78 Å². The number of carbonyl (C=O) groups excluding carboxylic acids is 1. The van der Waals surface area contributed by atoms with E-state index in [2.05, 4.69) is 39.0 Å². The Morgan fingerprint density at radius 1 is 1.36 bits per heavy atom. The molecule has 0 aromatic rings. The normalized spacial score (nSPS) is 53.9. The van der Waals surface area contributed by atoms with E-state index in [-0.39, 0.29) is 16.7 Å². The first-order valence-electron chi connectivity index (χ1n) is 5.40. The molecular formula is C13H16O. The van der Waals surface area contributed by atoms with Crippen molar-refractivity contribution in [3.05, 3.63) is 23.8 Å². The molecule has 0 N–H and O–H groups in total. The van der Waals surface area contributed by atoms with Crippen LogP contribution in [0.3, 0.4) is 0 Å². The first-order valence-corrected chi connectivity index (χ1v) is 5.40. The third-order valence-electron chi connectivity index (χ3n) is 4.64. The molecule has 4 aliphatic carbocycles. The zero-order valence-electron chi connectivity index (χ0n) is 9.00. The summed E-state index contributed by atoms with van der Waals surface area (Å²) in [5, 5.41) is 0. The van der Waals surface area contributed by atoms with E-state index in [0.29, 0.717) is 11.7 Å². The second-order valence-electron chi connectivity index (χ2n) is 5.63. The predicted octanol–water partition coefficient (Wildman–Crippen LogP) is 2.73. The van der Waals surface area contributed by atoms with Gasteiger partial charge in [0.15, 0.2) is 0 Å². The summed E-state index contributed by atoms with van der Waals surface area (Å²) < 4.78 is 0. The van der Waals surface area contributed by atoms with E-state index in [4.69, 9.17) is 0 Å². The van der Waals surface area contributed by atoms with E-state index < -0.39 is 0 Å². The Balaban J connectivity index is 2.25. The Kier molecular flexibility index (Phi) is 1.24. The Morgan fingerprint density at radius 2 is 2.07 bits per heavy atom. The number of Topliss-reactive ketones (excluding diaryl/α,β-unsaturated/α-hetero) is 1. The number of rotatable bonds is 0. The molecule has 0 aromatic heterocycles. The summed E-state index contributed by atoms with van der Waals surface area (Å²) >= 11 is 0. The molecular weight excluding hydrogens is 172 g/mol. The molecule has 1 fully saturated rings. The summed E-state index contributed by atoms with van der Waals surface area (Å²) in [7, 11) is 0. The summed E-state index contributed by atoms with van der Waals surface area (Å²) in [6, 6.07) is 0. The number of ketones is 1. The van der Waals surface area contributed by atoms with Crippen molar-refractivity contribution in [1.29, 1.82) is 0 Å². The van der Waals surface area contributed by atoms with Crippen LogP contribution >= 0.6 is 0 Å². The molecule has 14 heavy (non-hydrogen) atoms. The fourth-order valence-electron chi connectivity index (χ4n) is 3.70. The van der Waals surface area contributed by atoms with E-state index in [0.717, 1.165) is 6.42 Å². The molecule has 0 unspecified atom stereocenters. The fraction of sp³-hybridized carbons (Fsp3) is 0.615. The van der Waals surface area contributed by atoms with Crippen molar-refractivity contribution in [3.63, 3.8) is 0 Å². The van der Waals surface area contributed by atoms with Crippen molar-refractivity contribution in [2.75, 3.05) is 0 Å². The van der Waals surface area contributed by atoms with Crippen LogP contribution in [0.25, 0.3) is 0 Å². The maximum absolute atomic E-state index is 12.2. The lowest BCUT2D eigenvalue weighted by Crippen LogP contribution is -2.50. The minimum atomic E-state index is -0.183. The molecule has 1 heteroatoms. The third kappa shape index (κ3) is 0.678. The van der Waals surface area contributed by atoms with Crippen LogP contribution in [0.5, 0.6) is 0 Å². The summed E-state index contributed by atoms with van der Waals surface area (Å²) in [5.41, 5.74) is 1.38. The van der Waals surface area contributed by atoms with Crippen molar-refractivity contribution >= 4 is 5.78 Å². The summed E-state index contributed by atoms with van der Waals surface area (Å²) in [6.07, 6.45) is 7.81. The molecule has 0 aliphatic heterocycles. The molecule has 0 radical (unpaired) electrons. The highest BCUT2D eigenvalue weighted by Gasteiger charge is 2.60. The van der Waals surface area contributed by atoms with Crippen LogP contribution < -0.4 is 0 Å². The Labute approximate surface area is 84.9 Å². The van der Waals surface area contributed by atoms with Crippen LogP contribution in [-0.4, -0.2) is 5.78 Å². The van der Waals surface area contributed by atoms with Gasteiger partial charge in [0.05, 0.1) is 5.41 Å². The molecule has 4 atom stereocenters. The first-order chi connectivity index (χ1) is 6.47. The average Bonchev–Trinajstić information content (AvgIpc) is 2.34. The standard InChI is InChI=1S/C13H16O/c1-8-6-10-12(2)4-5-13(10,3)11(14)9(8)7-12/h4-6,9-10H,7H2,1-3H3/t9-,10-,12+,13+/m1/s1. The quantitative estimate of drug-likeness (QED) is 0.534. The minimum Gasteiger partial charge on any atom is -0.298 e. The number of carbonyl (C=O) groups is 1. The van der Waals surface area contributed by atoms with Crippen LogP contribution in [0.1, 0.15) is 27.2 Å². The lowest BCUT2D eigenvalue weighted by molar-refractivity contribution is -0.137. The van der Waals surface area contributed by atoms with Crippen LogP contribution in [0, 0.1) is 22.7 Å². The number of hydrogen-bond donors (Lipinski definition) is 0. The maximum atomic E-state index is 12.2. The molecule has 74 valence electrons. The van der Waals surface area contributed by atoms with Gasteiger partial charge in [0.2, 0.25) is 0 Å². The van der Waals surface area contributed by atoms with Crippen LogP contribution in [0.2, 0.25) is 0 Å². The molecule has 0 spiro atoms. The average molecular weight is 188 g/mol. The van der Waals surface area contributed by atoms with Gasteiger partial charge in [0.25, 0.3) is 0 Å². The highest BCUT2D eigenvalue weighted by molar-refractivity contribution is 5.94. The third-order valence-corrected chi connectivity index (χ3v) is 4.64. The zero-order chi connectivity index (χ0) is 10.1. The topological polar surface area (TPSA) is 17.1 Å². The zero-order valence-corrected chi connectivity index (χ0v) is 9.00. The van der Waals surface area contributed by atoms with Crippen LogP contribution in [0.15, 0.2) is 23.8 Å². The van der Waals surface area contributed by atoms with Gasteiger partial charge >= 0.3 is 0 Å². The molecule has 4 aliphatic rings. The number of allylic oxidation sites excluding steroid dienone is 4. The molecule has 0 amide bonds. The first kappa shape index (κ1) is 8.46. The Morgan fingerprint density at radius 3 is 2.79 bits per heavy atom. The van der Waals surface area contributed by atoms with E-state index in [1.807, 2.05) is 0 Å². The molecule has 1 nitrogen and oxygen atoms in total. The van der Waals surface area contributed by atoms with Crippen LogP contribution in [0.4, 0.5) is 0 Å². The smallest absolute Gasteiger partial charge is 0.150 e. The highest BCUT2D eigenvalue weighted by Crippen LogP contribution is 2.62. The van der Waals surface area contributed by atoms with Gasteiger partial charge in [-0.25, -0.2) is 0 Å². The van der Waals surface area contributed by atoms with E-state index in [9.17, 15) is 4.79 Å². The van der Waals surface area contributed by atoms with Crippen molar-refractivity contribution in [2.45, 2.75) is 27.2 Å². The van der Waals surface area contributed by atoms with Gasteiger partial charge in [-0.3, -0.25) is 4.79 Å². The van der Waals surface area contributed by atoms with Crippen molar-refractivity contribution in [1.82, 2.24) is 0 Å². The second kappa shape index (κ2) is 2.05. The molecule has 4 rings (SSSR count). The predicted molar refractivity (Wildman–Crippen MR) is 55.7 cm³/mol. The van der Waals surface area contributed by atoms with E-state index >= 15 is 0 Å². The Hall–Kier alpha value is -0.850. The summed E-state index contributed by atoms with van der Waals surface area (Å²) in [4.78, 5) is 12.2. The van der Waals surface area contributed by atoms with Gasteiger partial charge in [-0.2, -0.15) is 0 Å². The van der Waals surface area contributed by atoms with Gasteiger partial charge in [-0.15, -0.1) is 0 Å². The SMILES string of the molecule is CC1=C[C@@H]2[C@@]3(C)C=C[C@]2(C)C(=O)[C@@H]1C3. The number of hydrogen-bond acceptors (Lipinski definition) is 1. The van der Waals surface area contributed by atoms with Gasteiger partial charge < -0.3 is 0 Å². The molecule has 0 saturated heterocycles. The lowest BCUT2D eigenvalue weighted by Gasteiger charge is -2.50. The monoisotopic (exact) mass is 188 g/mol. The van der Waals surface area contributed by atoms with Gasteiger partial charge in [0, 0.05) is 11.8 Å². The fourth-order valence-corrected chi connectivity index (χ4v) is 3.70. The molecule has 0 aromatic carbocycles. The maximum Gasteiger partial charge on any atom is 0.150 e. The van der Waals surface area contributed by atoms with Crippen molar-refractivity contribution in [3.8, 4) is 0 Å². The lowest BCUT2D eigenvalue weighted by atomic mass is 9.52. The largest absolute Gasteiger partial charge is 0.298 e. The van der Waals surface area contributed by atoms with E-state index in [1.165, 1.54) is 5.57 Å². The van der Waals surface area contributed by atoms with E-state index in [1.54, 1.807) is 0 Å². The summed E-state index contributed by atoms with van der Waals surface area (Å²) in [6.45, 7) is 6.51. The molecule has 1 saturated carbocycles. The van der Waals surface area contributed by atoms with Crippen LogP contribution in [-0.2, 0) is 4.79 Å². The van der Waals surface area contributed by atoms with Crippen molar-refractivity contribution in [2.24, 2.45) is 22.7 Å². The minimum absolute atomic E-state index is 0.183. The second-order valence-corrected chi connectivity index (χ2v) is 5.63.